The van der Waals surface area contributed by atoms with Crippen LogP contribution in [0.2, 0.25) is 0 Å². The second-order valence-corrected chi connectivity index (χ2v) is 3.02. The fourth-order valence-corrected chi connectivity index (χ4v) is 1.44. The van der Waals surface area contributed by atoms with E-state index in [0.717, 1.165) is 12.1 Å². The highest BCUT2D eigenvalue weighted by atomic mass is 15.0. The Morgan fingerprint density at radius 1 is 1.19 bits per heavy atom. The zero-order valence-corrected chi connectivity index (χ0v) is 11.4. The molecule has 0 radical (unpaired) electrons. The molecule has 2 heterocycles. The molecule has 0 aromatic carbocycles. The van der Waals surface area contributed by atoms with Crippen LogP contribution >= 0.6 is 0 Å². The van der Waals surface area contributed by atoms with Crippen molar-refractivity contribution in [1.29, 1.82) is 0 Å². The lowest BCUT2D eigenvalue weighted by Crippen LogP contribution is -1.91. The summed E-state index contributed by atoms with van der Waals surface area (Å²) in [4.78, 5) is 4.33. The summed E-state index contributed by atoms with van der Waals surface area (Å²) in [5.41, 5.74) is 3.54. The Morgan fingerprint density at radius 3 is 2.38 bits per heavy atom. The van der Waals surface area contributed by atoms with Gasteiger partial charge in [-0.15, -0.1) is 0 Å². The summed E-state index contributed by atoms with van der Waals surface area (Å²) >= 11 is 0. The van der Waals surface area contributed by atoms with E-state index >= 15 is 0 Å². The zero-order chi connectivity index (χ0) is 12.6. The topological polar surface area (TPSA) is 17.8 Å². The Labute approximate surface area is 99.3 Å². The molecule has 0 saturated carbocycles. The van der Waals surface area contributed by atoms with E-state index in [4.69, 9.17) is 0 Å². The highest BCUT2D eigenvalue weighted by Crippen LogP contribution is 2.13. The molecule has 0 amide bonds. The van der Waals surface area contributed by atoms with Crippen molar-refractivity contribution in [2.45, 2.75) is 48.1 Å². The first-order valence-electron chi connectivity index (χ1n) is 6.22. The molecule has 0 aliphatic rings. The molecule has 0 N–H and O–H groups in total. The second kappa shape index (κ2) is 7.91. The number of rotatable bonds is 1. The highest BCUT2D eigenvalue weighted by molar-refractivity contribution is 5.76. The summed E-state index contributed by atoms with van der Waals surface area (Å²) in [5, 5.41) is 0. The summed E-state index contributed by atoms with van der Waals surface area (Å²) in [6.45, 7) is 13.2. The van der Waals surface area contributed by atoms with Crippen molar-refractivity contribution in [3.05, 3.63) is 30.1 Å². The van der Waals surface area contributed by atoms with Crippen molar-refractivity contribution in [3.63, 3.8) is 0 Å². The third kappa shape index (κ3) is 3.37. The van der Waals surface area contributed by atoms with Gasteiger partial charge in [-0.05, 0) is 31.5 Å². The van der Waals surface area contributed by atoms with E-state index in [1.807, 2.05) is 33.9 Å². The lowest BCUT2D eigenvalue weighted by molar-refractivity contribution is 0.797. The lowest BCUT2D eigenvalue weighted by atomic mass is 10.3. The van der Waals surface area contributed by atoms with E-state index < -0.39 is 0 Å². The number of aromatic nitrogens is 2. The molecule has 0 fully saturated rings. The van der Waals surface area contributed by atoms with E-state index in [1.165, 1.54) is 11.1 Å². The molecule has 2 nitrogen and oxygen atoms in total. The minimum Gasteiger partial charge on any atom is -0.346 e. The Hall–Kier alpha value is -1.31. The number of pyridine rings is 1. The molecule has 0 spiro atoms. The van der Waals surface area contributed by atoms with Crippen LogP contribution in [-0.4, -0.2) is 9.55 Å². The largest absolute Gasteiger partial charge is 0.346 e. The number of hydrogen-bond donors (Lipinski definition) is 0. The van der Waals surface area contributed by atoms with Crippen molar-refractivity contribution in [2.75, 3.05) is 0 Å². The van der Waals surface area contributed by atoms with E-state index in [1.54, 1.807) is 0 Å². The summed E-state index contributed by atoms with van der Waals surface area (Å²) in [5.74, 6) is 0. The predicted molar refractivity (Wildman–Crippen MR) is 72.8 cm³/mol. The van der Waals surface area contributed by atoms with Gasteiger partial charge in [-0.25, -0.2) is 0 Å². The summed E-state index contributed by atoms with van der Waals surface area (Å²) in [6.07, 6.45) is 3.99. The smallest absolute Gasteiger partial charge is 0.0881 e. The Balaban J connectivity index is 0.000000509. The molecule has 2 aromatic heterocycles. The van der Waals surface area contributed by atoms with Crippen molar-refractivity contribution >= 4 is 11.0 Å². The van der Waals surface area contributed by atoms with Crippen LogP contribution in [0, 0.1) is 6.92 Å². The van der Waals surface area contributed by atoms with Gasteiger partial charge < -0.3 is 4.57 Å². The number of nitrogens with zero attached hydrogens (tertiary/aromatic N) is 2. The Kier molecular flexibility index (Phi) is 7.27. The summed E-state index contributed by atoms with van der Waals surface area (Å²) in [6, 6.07) is 4.23. The third-order valence-electron chi connectivity index (χ3n) is 2.10. The third-order valence-corrected chi connectivity index (χ3v) is 2.10. The van der Waals surface area contributed by atoms with Crippen LogP contribution in [0.15, 0.2) is 24.5 Å². The molecular weight excluding hydrogens is 196 g/mol. The van der Waals surface area contributed by atoms with Gasteiger partial charge in [0, 0.05) is 18.9 Å². The number of hydrogen-bond acceptors (Lipinski definition) is 1. The van der Waals surface area contributed by atoms with Gasteiger partial charge in [-0.3, -0.25) is 4.98 Å². The minimum atomic E-state index is 1.01. The standard InChI is InChI=1S/C10H12N2.2C2H6/c1-3-12-5-4-9-10(12)6-8(2)7-11-9;2*1-2/h4-7H,3H2,1-2H3;2*1-2H3. The van der Waals surface area contributed by atoms with Crippen molar-refractivity contribution in [3.8, 4) is 0 Å². The summed E-state index contributed by atoms with van der Waals surface area (Å²) < 4.78 is 2.20. The van der Waals surface area contributed by atoms with Gasteiger partial charge in [0.25, 0.3) is 0 Å². The molecule has 0 bridgehead atoms. The average Bonchev–Trinajstić information content (AvgIpc) is 2.76. The van der Waals surface area contributed by atoms with Crippen molar-refractivity contribution in [2.24, 2.45) is 0 Å². The average molecular weight is 220 g/mol. The Bertz CT molecular complexity index is 402. The lowest BCUT2D eigenvalue weighted by Gasteiger charge is -1.99. The fourth-order valence-electron chi connectivity index (χ4n) is 1.44. The maximum absolute atomic E-state index is 4.33. The first-order chi connectivity index (χ1) is 7.81. The normalized spacial score (nSPS) is 8.88. The van der Waals surface area contributed by atoms with Crippen LogP contribution in [-0.2, 0) is 6.54 Å². The van der Waals surface area contributed by atoms with Gasteiger partial charge in [-0.2, -0.15) is 0 Å². The van der Waals surface area contributed by atoms with Gasteiger partial charge in [0.15, 0.2) is 0 Å². The van der Waals surface area contributed by atoms with E-state index in [-0.39, 0.29) is 0 Å². The quantitative estimate of drug-likeness (QED) is 0.695. The van der Waals surface area contributed by atoms with Crippen LogP contribution in [0.25, 0.3) is 11.0 Å². The number of aryl methyl sites for hydroxylation is 2. The first-order valence-corrected chi connectivity index (χ1v) is 6.22. The monoisotopic (exact) mass is 220 g/mol. The van der Waals surface area contributed by atoms with Crippen molar-refractivity contribution < 1.29 is 0 Å². The molecule has 0 atom stereocenters. The SMILES string of the molecule is CC.CC.CCn1ccc2ncc(C)cc21. The molecule has 2 rings (SSSR count). The van der Waals surface area contributed by atoms with Gasteiger partial charge >= 0.3 is 0 Å². The molecule has 90 valence electrons. The van der Waals surface area contributed by atoms with E-state index in [2.05, 4.69) is 41.7 Å². The van der Waals surface area contributed by atoms with Crippen LogP contribution < -0.4 is 0 Å². The zero-order valence-electron chi connectivity index (χ0n) is 11.4. The molecule has 16 heavy (non-hydrogen) atoms. The first kappa shape index (κ1) is 14.7. The van der Waals surface area contributed by atoms with Crippen LogP contribution in [0.4, 0.5) is 0 Å². The highest BCUT2D eigenvalue weighted by Gasteiger charge is 1.99. The van der Waals surface area contributed by atoms with Gasteiger partial charge in [0.05, 0.1) is 11.0 Å². The maximum atomic E-state index is 4.33. The van der Waals surface area contributed by atoms with Crippen molar-refractivity contribution in [1.82, 2.24) is 9.55 Å². The molecular formula is C14H24N2. The van der Waals surface area contributed by atoms with E-state index in [9.17, 15) is 0 Å². The van der Waals surface area contributed by atoms with Gasteiger partial charge in [0.2, 0.25) is 0 Å². The molecule has 0 aliphatic carbocycles. The second-order valence-electron chi connectivity index (χ2n) is 3.02. The fraction of sp³-hybridized carbons (Fsp3) is 0.500. The van der Waals surface area contributed by atoms with Crippen LogP contribution in [0.1, 0.15) is 40.2 Å². The molecule has 0 unspecified atom stereocenters. The Morgan fingerprint density at radius 2 is 1.81 bits per heavy atom. The minimum absolute atomic E-state index is 1.01. The van der Waals surface area contributed by atoms with Gasteiger partial charge in [0.1, 0.15) is 0 Å². The predicted octanol–water partition coefficient (Wildman–Crippen LogP) is 4.42. The molecule has 0 saturated heterocycles. The maximum Gasteiger partial charge on any atom is 0.0881 e. The van der Waals surface area contributed by atoms with Gasteiger partial charge in [-0.1, -0.05) is 27.7 Å². The van der Waals surface area contributed by atoms with Crippen LogP contribution in [0.3, 0.4) is 0 Å². The summed E-state index contributed by atoms with van der Waals surface area (Å²) in [7, 11) is 0. The number of fused-ring (bicyclic) bond motifs is 1. The van der Waals surface area contributed by atoms with Crippen LogP contribution in [0.5, 0.6) is 0 Å². The molecule has 2 aromatic rings. The van der Waals surface area contributed by atoms with E-state index in [0.29, 0.717) is 0 Å². The molecule has 2 heteroatoms. The molecule has 0 aliphatic heterocycles.